The van der Waals surface area contributed by atoms with Gasteiger partial charge in [-0.2, -0.15) is 8.78 Å². The van der Waals surface area contributed by atoms with Gasteiger partial charge in [0.05, 0.1) is 0 Å². The number of fused-ring (bicyclic) bond motifs is 1. The van der Waals surface area contributed by atoms with Crippen LogP contribution >= 0.6 is 0 Å². The van der Waals surface area contributed by atoms with E-state index in [0.717, 1.165) is 0 Å². The van der Waals surface area contributed by atoms with E-state index in [9.17, 15) is 19.0 Å². The molecule has 0 heterocycles. The summed E-state index contributed by atoms with van der Waals surface area (Å²) in [4.78, 5) is 0. The molecule has 17 heavy (non-hydrogen) atoms. The van der Waals surface area contributed by atoms with Gasteiger partial charge in [-0.1, -0.05) is 38.1 Å². The van der Waals surface area contributed by atoms with Crippen LogP contribution in [0.1, 0.15) is 37.5 Å². The molecule has 0 amide bonds. The first-order valence-corrected chi connectivity index (χ1v) is 5.68. The maximum atomic E-state index is 14.0. The van der Waals surface area contributed by atoms with Gasteiger partial charge in [0.25, 0.3) is 0 Å². The van der Waals surface area contributed by atoms with Crippen LogP contribution in [-0.4, -0.2) is 16.1 Å². The first kappa shape index (κ1) is 12.5. The van der Waals surface area contributed by atoms with E-state index in [4.69, 9.17) is 0 Å². The molecule has 2 nitrogen and oxygen atoms in total. The maximum Gasteiger partial charge on any atom is 0.309 e. The molecule has 2 rings (SSSR count). The lowest BCUT2D eigenvalue weighted by Crippen LogP contribution is -2.44. The van der Waals surface area contributed by atoms with E-state index >= 15 is 0 Å². The van der Waals surface area contributed by atoms with Crippen LogP contribution in [0.25, 0.3) is 0 Å². The molecular formula is C13H16F2O2. The second kappa shape index (κ2) is 3.75. The zero-order valence-electron chi connectivity index (χ0n) is 9.82. The number of aliphatic hydroxyl groups is 2. The predicted octanol–water partition coefficient (Wildman–Crippen LogP) is 2.60. The van der Waals surface area contributed by atoms with Gasteiger partial charge in [0.1, 0.15) is 6.10 Å². The van der Waals surface area contributed by atoms with Crippen molar-refractivity contribution in [1.82, 2.24) is 0 Å². The van der Waals surface area contributed by atoms with Crippen LogP contribution < -0.4 is 0 Å². The van der Waals surface area contributed by atoms with Crippen molar-refractivity contribution in [1.29, 1.82) is 0 Å². The third-order valence-corrected chi connectivity index (χ3v) is 3.30. The first-order chi connectivity index (χ1) is 7.80. The molecule has 2 atom stereocenters. The highest BCUT2D eigenvalue weighted by atomic mass is 19.3. The van der Waals surface area contributed by atoms with E-state index in [2.05, 4.69) is 0 Å². The monoisotopic (exact) mass is 242 g/mol. The Labute approximate surface area is 98.9 Å². The number of aliphatic hydroxyl groups excluding tert-OH is 1. The maximum absolute atomic E-state index is 14.0. The molecule has 0 bridgehead atoms. The molecule has 0 aliphatic heterocycles. The van der Waals surface area contributed by atoms with Crippen LogP contribution in [0.5, 0.6) is 0 Å². The topological polar surface area (TPSA) is 40.5 Å². The molecule has 0 fully saturated rings. The lowest BCUT2D eigenvalue weighted by Gasteiger charge is -2.33. The number of rotatable bonds is 2. The Kier molecular flexibility index (Phi) is 2.75. The highest BCUT2D eigenvalue weighted by molar-refractivity contribution is 5.43. The second-order valence-electron chi connectivity index (χ2n) is 5.07. The molecule has 1 aromatic carbocycles. The molecular weight excluding hydrogens is 226 g/mol. The molecule has 0 saturated carbocycles. The average Bonchev–Trinajstić information content (AvgIpc) is 2.39. The minimum atomic E-state index is -3.54. The summed E-state index contributed by atoms with van der Waals surface area (Å²) in [7, 11) is 0. The van der Waals surface area contributed by atoms with E-state index in [1.165, 1.54) is 12.1 Å². The fraction of sp³-hybridized carbons (Fsp3) is 0.538. The summed E-state index contributed by atoms with van der Waals surface area (Å²) < 4.78 is 28.1. The molecule has 0 saturated heterocycles. The van der Waals surface area contributed by atoms with E-state index in [0.29, 0.717) is 0 Å². The number of hydrogen-bond donors (Lipinski definition) is 2. The van der Waals surface area contributed by atoms with Crippen molar-refractivity contribution in [2.45, 2.75) is 37.9 Å². The standard InChI is InChI=1S/C13H16F2O2/c1-8(2)7-12(17)10-6-4-3-5-9(10)11(16)13(12,14)15/h3-6,8,11,16-17H,7H2,1-2H3/t11-,12+/m0/s1. The lowest BCUT2D eigenvalue weighted by molar-refractivity contribution is -0.229. The van der Waals surface area contributed by atoms with E-state index in [1.54, 1.807) is 26.0 Å². The van der Waals surface area contributed by atoms with Crippen molar-refractivity contribution in [3.8, 4) is 0 Å². The van der Waals surface area contributed by atoms with Crippen LogP contribution in [0.3, 0.4) is 0 Å². The molecule has 4 heteroatoms. The van der Waals surface area contributed by atoms with Crippen molar-refractivity contribution in [2.24, 2.45) is 5.92 Å². The van der Waals surface area contributed by atoms with Crippen molar-refractivity contribution in [3.05, 3.63) is 35.4 Å². The normalized spacial score (nSPS) is 30.6. The van der Waals surface area contributed by atoms with E-state index in [-0.39, 0.29) is 23.5 Å². The fourth-order valence-electron chi connectivity index (χ4n) is 2.55. The van der Waals surface area contributed by atoms with Gasteiger partial charge < -0.3 is 10.2 Å². The molecule has 94 valence electrons. The Morgan fingerprint density at radius 2 is 1.88 bits per heavy atom. The quantitative estimate of drug-likeness (QED) is 0.836. The van der Waals surface area contributed by atoms with Gasteiger partial charge in [-0.05, 0) is 23.5 Å². The average molecular weight is 242 g/mol. The van der Waals surface area contributed by atoms with Crippen LogP contribution in [0.4, 0.5) is 8.78 Å². The van der Waals surface area contributed by atoms with Gasteiger partial charge in [-0.3, -0.25) is 0 Å². The summed E-state index contributed by atoms with van der Waals surface area (Å²) in [5.74, 6) is -3.63. The molecule has 0 aromatic heterocycles. The molecule has 1 aromatic rings. The largest absolute Gasteiger partial charge is 0.382 e. The fourth-order valence-corrected chi connectivity index (χ4v) is 2.55. The Balaban J connectivity index is 2.57. The molecule has 0 unspecified atom stereocenters. The number of benzene rings is 1. The number of halogens is 2. The van der Waals surface area contributed by atoms with Crippen LogP contribution in [0.2, 0.25) is 0 Å². The summed E-state index contributed by atoms with van der Waals surface area (Å²) in [5, 5.41) is 19.9. The lowest BCUT2D eigenvalue weighted by atomic mass is 9.85. The number of hydrogen-bond acceptors (Lipinski definition) is 2. The Bertz CT molecular complexity index is 431. The van der Waals surface area contributed by atoms with Gasteiger partial charge in [0.2, 0.25) is 0 Å². The zero-order valence-corrected chi connectivity index (χ0v) is 9.82. The van der Waals surface area contributed by atoms with Gasteiger partial charge in [0.15, 0.2) is 5.60 Å². The van der Waals surface area contributed by atoms with Gasteiger partial charge in [-0.25, -0.2) is 0 Å². The molecule has 2 N–H and O–H groups in total. The molecule has 0 radical (unpaired) electrons. The highest BCUT2D eigenvalue weighted by Gasteiger charge is 2.64. The van der Waals surface area contributed by atoms with Crippen molar-refractivity contribution in [3.63, 3.8) is 0 Å². The minimum Gasteiger partial charge on any atom is -0.382 e. The molecule has 1 aliphatic rings. The zero-order chi connectivity index (χ0) is 12.8. The Morgan fingerprint density at radius 1 is 1.29 bits per heavy atom. The van der Waals surface area contributed by atoms with Gasteiger partial charge >= 0.3 is 5.92 Å². The highest BCUT2D eigenvalue weighted by Crippen LogP contribution is 2.56. The van der Waals surface area contributed by atoms with E-state index < -0.39 is 17.6 Å². The first-order valence-electron chi connectivity index (χ1n) is 5.68. The minimum absolute atomic E-state index is 0.0753. The Morgan fingerprint density at radius 3 is 2.47 bits per heavy atom. The predicted molar refractivity (Wildman–Crippen MR) is 59.7 cm³/mol. The van der Waals surface area contributed by atoms with Crippen molar-refractivity contribution < 1.29 is 19.0 Å². The Hall–Kier alpha value is -1.00. The second-order valence-corrected chi connectivity index (χ2v) is 5.07. The van der Waals surface area contributed by atoms with Crippen LogP contribution in [0.15, 0.2) is 24.3 Å². The van der Waals surface area contributed by atoms with Gasteiger partial charge in [-0.15, -0.1) is 0 Å². The summed E-state index contributed by atoms with van der Waals surface area (Å²) in [6.07, 6.45) is -2.00. The summed E-state index contributed by atoms with van der Waals surface area (Å²) in [5.41, 5.74) is -2.00. The summed E-state index contributed by atoms with van der Waals surface area (Å²) in [6, 6.07) is 6.07. The third kappa shape index (κ3) is 1.58. The summed E-state index contributed by atoms with van der Waals surface area (Å²) >= 11 is 0. The third-order valence-electron chi connectivity index (χ3n) is 3.30. The van der Waals surface area contributed by atoms with E-state index in [1.807, 2.05) is 0 Å². The van der Waals surface area contributed by atoms with Crippen LogP contribution in [0, 0.1) is 5.92 Å². The summed E-state index contributed by atoms with van der Waals surface area (Å²) in [6.45, 7) is 3.53. The number of alkyl halides is 2. The molecule has 0 spiro atoms. The SMILES string of the molecule is CC(C)C[C@@]1(O)c2ccccc2[C@H](O)C1(F)F. The molecule has 1 aliphatic carbocycles. The van der Waals surface area contributed by atoms with Crippen LogP contribution in [-0.2, 0) is 5.60 Å². The van der Waals surface area contributed by atoms with Gasteiger partial charge in [0, 0.05) is 0 Å². The van der Waals surface area contributed by atoms with Crippen molar-refractivity contribution >= 4 is 0 Å². The van der Waals surface area contributed by atoms with Crippen molar-refractivity contribution in [2.75, 3.05) is 0 Å². The smallest absolute Gasteiger partial charge is 0.309 e.